The highest BCUT2D eigenvalue weighted by Gasteiger charge is 2.21. The monoisotopic (exact) mass is 604 g/mol. The fourth-order valence-corrected chi connectivity index (χ4v) is 6.61. The molecule has 0 radical (unpaired) electrons. The summed E-state index contributed by atoms with van der Waals surface area (Å²) in [4.78, 5) is 25.3. The zero-order valence-electron chi connectivity index (χ0n) is 23.8. The predicted octanol–water partition coefficient (Wildman–Crippen LogP) is 5.41. The number of carbonyl (C=O) groups is 2. The van der Waals surface area contributed by atoms with E-state index in [9.17, 15) is 26.4 Å². The minimum Gasteiger partial charge on any atom is -0.325 e. The Morgan fingerprint density at radius 1 is 0.524 bits per heavy atom. The standard InChI is InChI=1S/C32H32N2O6S2/c1-21-5-11-27(12-6-21)41(37,38)19-31(35)33-29-15-9-25(17-23(29)3)26-10-16-30(24(4)18-26)34-32(36)20-42(39,40)28-13-7-22(2)8-14-28/h5-18H,19-20H2,1-4H3,(H,33,35)(H,34,36). The summed E-state index contributed by atoms with van der Waals surface area (Å²) < 4.78 is 50.5. The summed E-state index contributed by atoms with van der Waals surface area (Å²) in [5.41, 5.74) is 6.02. The molecule has 0 aliphatic carbocycles. The van der Waals surface area contributed by atoms with Gasteiger partial charge in [-0.1, -0.05) is 47.5 Å². The Kier molecular flexibility index (Phi) is 8.98. The highest BCUT2D eigenvalue weighted by atomic mass is 32.2. The zero-order chi connectivity index (χ0) is 30.7. The molecule has 42 heavy (non-hydrogen) atoms. The molecule has 0 aliphatic heterocycles. The maximum Gasteiger partial charge on any atom is 0.239 e. The fourth-order valence-electron chi connectivity index (χ4n) is 4.34. The molecule has 0 bridgehead atoms. The smallest absolute Gasteiger partial charge is 0.239 e. The van der Waals surface area contributed by atoms with Crippen molar-refractivity contribution in [2.75, 3.05) is 22.1 Å². The lowest BCUT2D eigenvalue weighted by molar-refractivity contribution is -0.114. The third kappa shape index (κ3) is 7.51. The van der Waals surface area contributed by atoms with Gasteiger partial charge < -0.3 is 10.6 Å². The van der Waals surface area contributed by atoms with E-state index in [1.807, 2.05) is 39.8 Å². The van der Waals surface area contributed by atoms with Crippen LogP contribution in [-0.4, -0.2) is 40.2 Å². The number of aryl methyl sites for hydroxylation is 4. The third-order valence-electron chi connectivity index (χ3n) is 6.74. The Balaban J connectivity index is 1.41. The van der Waals surface area contributed by atoms with Crippen molar-refractivity contribution in [1.82, 2.24) is 0 Å². The zero-order valence-corrected chi connectivity index (χ0v) is 25.4. The summed E-state index contributed by atoms with van der Waals surface area (Å²) in [5, 5.41) is 5.37. The first-order chi connectivity index (χ1) is 19.7. The number of rotatable bonds is 9. The van der Waals surface area contributed by atoms with Crippen LogP contribution in [-0.2, 0) is 29.3 Å². The first-order valence-electron chi connectivity index (χ1n) is 13.1. The van der Waals surface area contributed by atoms with Gasteiger partial charge in [0.25, 0.3) is 0 Å². The molecule has 4 aromatic carbocycles. The predicted molar refractivity (Wildman–Crippen MR) is 165 cm³/mol. The highest BCUT2D eigenvalue weighted by Crippen LogP contribution is 2.28. The molecule has 0 heterocycles. The maximum absolute atomic E-state index is 12.6. The molecule has 0 aromatic heterocycles. The second-order valence-corrected chi connectivity index (χ2v) is 14.3. The number of sulfone groups is 2. The minimum atomic E-state index is -3.78. The number of anilines is 2. The van der Waals surface area contributed by atoms with Crippen LogP contribution in [0.25, 0.3) is 11.1 Å². The van der Waals surface area contributed by atoms with Crippen LogP contribution in [0.15, 0.2) is 94.7 Å². The molecule has 0 saturated heterocycles. The molecule has 10 heteroatoms. The van der Waals surface area contributed by atoms with Gasteiger partial charge in [0.05, 0.1) is 9.79 Å². The molecule has 0 atom stereocenters. The summed E-state index contributed by atoms with van der Waals surface area (Å²) in [6, 6.07) is 23.5. The first-order valence-corrected chi connectivity index (χ1v) is 16.4. The Morgan fingerprint density at radius 2 is 0.857 bits per heavy atom. The van der Waals surface area contributed by atoms with Crippen LogP contribution in [0.5, 0.6) is 0 Å². The summed E-state index contributed by atoms with van der Waals surface area (Å²) in [7, 11) is -7.56. The van der Waals surface area contributed by atoms with E-state index in [0.29, 0.717) is 11.4 Å². The Bertz CT molecular complexity index is 1720. The number of hydrogen-bond acceptors (Lipinski definition) is 6. The van der Waals surface area contributed by atoms with E-state index in [4.69, 9.17) is 0 Å². The van der Waals surface area contributed by atoms with Crippen molar-refractivity contribution in [3.63, 3.8) is 0 Å². The van der Waals surface area contributed by atoms with Gasteiger partial charge in [-0.15, -0.1) is 0 Å². The van der Waals surface area contributed by atoms with E-state index in [0.717, 1.165) is 33.4 Å². The molecule has 0 saturated carbocycles. The molecular weight excluding hydrogens is 572 g/mol. The van der Waals surface area contributed by atoms with E-state index in [1.54, 1.807) is 48.5 Å². The second-order valence-electron chi connectivity index (χ2n) is 10.3. The van der Waals surface area contributed by atoms with Gasteiger partial charge >= 0.3 is 0 Å². The van der Waals surface area contributed by atoms with E-state index >= 15 is 0 Å². The molecule has 8 nitrogen and oxygen atoms in total. The van der Waals surface area contributed by atoms with E-state index < -0.39 is 43.0 Å². The van der Waals surface area contributed by atoms with Crippen LogP contribution in [0, 0.1) is 27.7 Å². The second kappa shape index (κ2) is 12.3. The van der Waals surface area contributed by atoms with Gasteiger partial charge in [-0.2, -0.15) is 0 Å². The van der Waals surface area contributed by atoms with Crippen LogP contribution >= 0.6 is 0 Å². The summed E-state index contributed by atoms with van der Waals surface area (Å²) in [6.07, 6.45) is 0. The highest BCUT2D eigenvalue weighted by molar-refractivity contribution is 7.92. The lowest BCUT2D eigenvalue weighted by Crippen LogP contribution is -2.23. The molecule has 4 aromatic rings. The summed E-state index contributed by atoms with van der Waals surface area (Å²) >= 11 is 0. The molecular formula is C32H32N2O6S2. The van der Waals surface area contributed by atoms with Crippen LogP contribution < -0.4 is 10.6 Å². The quantitative estimate of drug-likeness (QED) is 0.263. The lowest BCUT2D eigenvalue weighted by Gasteiger charge is -2.13. The molecule has 0 unspecified atom stereocenters. The van der Waals surface area contributed by atoms with Gasteiger partial charge in [-0.05, 0) is 98.5 Å². The molecule has 2 amide bonds. The van der Waals surface area contributed by atoms with Crippen molar-refractivity contribution >= 4 is 42.9 Å². The summed E-state index contributed by atoms with van der Waals surface area (Å²) in [6.45, 7) is 7.33. The average molecular weight is 605 g/mol. The van der Waals surface area contributed by atoms with Gasteiger partial charge in [0, 0.05) is 11.4 Å². The van der Waals surface area contributed by atoms with Gasteiger partial charge in [-0.25, -0.2) is 16.8 Å². The largest absolute Gasteiger partial charge is 0.325 e. The number of nitrogens with one attached hydrogen (secondary N) is 2. The van der Waals surface area contributed by atoms with Crippen molar-refractivity contribution in [2.24, 2.45) is 0 Å². The van der Waals surface area contributed by atoms with Crippen molar-refractivity contribution in [1.29, 1.82) is 0 Å². The minimum absolute atomic E-state index is 0.0956. The molecule has 0 aliphatic rings. The average Bonchev–Trinajstić information content (AvgIpc) is 2.91. The molecule has 0 spiro atoms. The van der Waals surface area contributed by atoms with Crippen LogP contribution in [0.2, 0.25) is 0 Å². The van der Waals surface area contributed by atoms with Crippen molar-refractivity contribution in [3.05, 3.63) is 107 Å². The first kappa shape index (κ1) is 30.7. The van der Waals surface area contributed by atoms with Crippen molar-refractivity contribution < 1.29 is 26.4 Å². The molecule has 218 valence electrons. The van der Waals surface area contributed by atoms with E-state index in [-0.39, 0.29) is 9.79 Å². The SMILES string of the molecule is Cc1ccc(S(=O)(=O)CC(=O)Nc2ccc(-c3ccc(NC(=O)CS(=O)(=O)c4ccc(C)cc4)c(C)c3)cc2C)cc1. The van der Waals surface area contributed by atoms with E-state index in [1.165, 1.54) is 24.3 Å². The number of benzene rings is 4. The van der Waals surface area contributed by atoms with Gasteiger partial charge in [0.2, 0.25) is 11.8 Å². The topological polar surface area (TPSA) is 126 Å². The summed E-state index contributed by atoms with van der Waals surface area (Å²) in [5.74, 6) is -2.61. The molecule has 0 fully saturated rings. The number of hydrogen-bond donors (Lipinski definition) is 2. The number of amides is 2. The van der Waals surface area contributed by atoms with Crippen LogP contribution in [0.3, 0.4) is 0 Å². The van der Waals surface area contributed by atoms with Crippen molar-refractivity contribution in [2.45, 2.75) is 37.5 Å². The van der Waals surface area contributed by atoms with Gasteiger partial charge in [0.15, 0.2) is 19.7 Å². The Morgan fingerprint density at radius 3 is 1.17 bits per heavy atom. The third-order valence-corrected chi connectivity index (χ3v) is 10.0. The van der Waals surface area contributed by atoms with Gasteiger partial charge in [0.1, 0.15) is 11.5 Å². The van der Waals surface area contributed by atoms with Crippen LogP contribution in [0.1, 0.15) is 22.3 Å². The van der Waals surface area contributed by atoms with E-state index in [2.05, 4.69) is 10.6 Å². The Hall–Kier alpha value is -4.28. The normalized spacial score (nSPS) is 11.6. The fraction of sp³-hybridized carbons (Fsp3) is 0.188. The van der Waals surface area contributed by atoms with Crippen molar-refractivity contribution in [3.8, 4) is 11.1 Å². The number of carbonyl (C=O) groups excluding carboxylic acids is 2. The lowest BCUT2D eigenvalue weighted by atomic mass is 10.00. The Labute approximate surface area is 246 Å². The van der Waals surface area contributed by atoms with Gasteiger partial charge in [-0.3, -0.25) is 9.59 Å². The molecule has 2 N–H and O–H groups in total. The molecule has 4 rings (SSSR count). The van der Waals surface area contributed by atoms with Crippen LogP contribution in [0.4, 0.5) is 11.4 Å². The maximum atomic E-state index is 12.6.